The van der Waals surface area contributed by atoms with Crippen molar-refractivity contribution in [2.45, 2.75) is 13.3 Å². The number of alkyl halides is 2. The van der Waals surface area contributed by atoms with E-state index in [9.17, 15) is 22.4 Å². The summed E-state index contributed by atoms with van der Waals surface area (Å²) in [6.45, 7) is 0.165. The first-order valence-corrected chi connectivity index (χ1v) is 5.60. The Morgan fingerprint density at radius 3 is 2.53 bits per heavy atom. The number of aryl methyl sites for hydroxylation is 1. The molecule has 0 bridgehead atoms. The van der Waals surface area contributed by atoms with Crippen LogP contribution in [0.5, 0.6) is 0 Å². The number of nitrogens with two attached hydrogens (primary N) is 1. The molecule has 0 fully saturated rings. The van der Waals surface area contributed by atoms with E-state index in [1.54, 1.807) is 0 Å². The lowest BCUT2D eigenvalue weighted by molar-refractivity contribution is 0.0554. The molecule has 106 valence electrons. The first-order chi connectivity index (χ1) is 8.88. The first-order valence-electron chi connectivity index (χ1n) is 5.60. The van der Waals surface area contributed by atoms with Crippen LogP contribution in [0.1, 0.15) is 15.9 Å². The Hall–Kier alpha value is -1.63. The molecule has 1 aromatic rings. The van der Waals surface area contributed by atoms with Crippen molar-refractivity contribution in [3.63, 3.8) is 0 Å². The standard InChI is InChI=1S/C12H14F4N2O/c1-7-2-3-8(13)10(11(7)16)12(19)18(5-4-17)6-9(14)15/h2-3,9H,4-6,17H2,1H3. The van der Waals surface area contributed by atoms with Crippen LogP contribution in [0, 0.1) is 18.6 Å². The predicted molar refractivity (Wildman–Crippen MR) is 62.1 cm³/mol. The lowest BCUT2D eigenvalue weighted by atomic mass is 10.1. The quantitative estimate of drug-likeness (QED) is 0.837. The van der Waals surface area contributed by atoms with Crippen LogP contribution in [0.4, 0.5) is 17.6 Å². The fraction of sp³-hybridized carbons (Fsp3) is 0.417. The molecule has 0 aliphatic carbocycles. The maximum absolute atomic E-state index is 13.7. The summed E-state index contributed by atoms with van der Waals surface area (Å²) < 4.78 is 51.9. The molecule has 7 heteroatoms. The third kappa shape index (κ3) is 3.66. The fourth-order valence-corrected chi connectivity index (χ4v) is 1.61. The van der Waals surface area contributed by atoms with E-state index in [1.165, 1.54) is 13.0 Å². The summed E-state index contributed by atoms with van der Waals surface area (Å²) >= 11 is 0. The van der Waals surface area contributed by atoms with Gasteiger partial charge >= 0.3 is 0 Å². The van der Waals surface area contributed by atoms with E-state index >= 15 is 0 Å². The van der Waals surface area contributed by atoms with Crippen LogP contribution in [-0.4, -0.2) is 36.9 Å². The molecule has 19 heavy (non-hydrogen) atoms. The second-order valence-corrected chi connectivity index (χ2v) is 3.98. The Labute approximate surface area is 108 Å². The molecule has 0 spiro atoms. The molecule has 1 rings (SSSR count). The monoisotopic (exact) mass is 278 g/mol. The number of amides is 1. The number of carbonyl (C=O) groups is 1. The van der Waals surface area contributed by atoms with Gasteiger partial charge in [0.2, 0.25) is 0 Å². The summed E-state index contributed by atoms with van der Waals surface area (Å²) in [5.41, 5.74) is 4.44. The molecule has 0 aliphatic rings. The van der Waals surface area contributed by atoms with Gasteiger partial charge in [-0.25, -0.2) is 17.6 Å². The highest BCUT2D eigenvalue weighted by Gasteiger charge is 2.25. The molecule has 1 aromatic carbocycles. The highest BCUT2D eigenvalue weighted by atomic mass is 19.3. The lowest BCUT2D eigenvalue weighted by Gasteiger charge is -2.22. The zero-order valence-corrected chi connectivity index (χ0v) is 10.3. The van der Waals surface area contributed by atoms with E-state index in [2.05, 4.69) is 0 Å². The van der Waals surface area contributed by atoms with Crippen molar-refractivity contribution in [1.29, 1.82) is 0 Å². The van der Waals surface area contributed by atoms with Crippen LogP contribution in [0.3, 0.4) is 0 Å². The van der Waals surface area contributed by atoms with Gasteiger partial charge in [0.05, 0.1) is 6.54 Å². The molecule has 0 saturated carbocycles. The topological polar surface area (TPSA) is 46.3 Å². The zero-order valence-electron chi connectivity index (χ0n) is 10.3. The van der Waals surface area contributed by atoms with E-state index in [1.807, 2.05) is 0 Å². The van der Waals surface area contributed by atoms with Crippen LogP contribution < -0.4 is 5.73 Å². The zero-order chi connectivity index (χ0) is 14.6. The minimum Gasteiger partial charge on any atom is -0.331 e. The molecule has 3 nitrogen and oxygen atoms in total. The van der Waals surface area contributed by atoms with Gasteiger partial charge in [-0.2, -0.15) is 0 Å². The summed E-state index contributed by atoms with van der Waals surface area (Å²) in [5, 5.41) is 0. The highest BCUT2D eigenvalue weighted by molar-refractivity contribution is 5.95. The maximum Gasteiger partial charge on any atom is 0.260 e. The Bertz CT molecular complexity index is 465. The average molecular weight is 278 g/mol. The molecule has 1 amide bonds. The molecule has 0 aromatic heterocycles. The highest BCUT2D eigenvalue weighted by Crippen LogP contribution is 2.18. The van der Waals surface area contributed by atoms with Crippen molar-refractivity contribution >= 4 is 5.91 Å². The van der Waals surface area contributed by atoms with Crippen LogP contribution in [-0.2, 0) is 0 Å². The van der Waals surface area contributed by atoms with Crippen LogP contribution >= 0.6 is 0 Å². The first kappa shape index (κ1) is 15.4. The van der Waals surface area contributed by atoms with E-state index in [0.717, 1.165) is 6.07 Å². The Kier molecular flexibility index (Phi) is 5.29. The normalized spacial score (nSPS) is 10.9. The molecule has 0 unspecified atom stereocenters. The van der Waals surface area contributed by atoms with Gasteiger partial charge in [0.15, 0.2) is 0 Å². The molecule has 0 aliphatic heterocycles. The average Bonchev–Trinajstić information content (AvgIpc) is 2.33. The van der Waals surface area contributed by atoms with Gasteiger partial charge in [-0.1, -0.05) is 6.07 Å². The van der Waals surface area contributed by atoms with Gasteiger partial charge < -0.3 is 10.6 Å². The van der Waals surface area contributed by atoms with E-state index in [-0.39, 0.29) is 18.7 Å². The van der Waals surface area contributed by atoms with Crippen molar-refractivity contribution in [2.75, 3.05) is 19.6 Å². The van der Waals surface area contributed by atoms with Gasteiger partial charge in [-0.3, -0.25) is 4.79 Å². The number of carbonyl (C=O) groups excluding carboxylic acids is 1. The van der Waals surface area contributed by atoms with Crippen molar-refractivity contribution in [2.24, 2.45) is 5.73 Å². The Balaban J connectivity index is 3.12. The van der Waals surface area contributed by atoms with Gasteiger partial charge in [0, 0.05) is 13.1 Å². The molecular weight excluding hydrogens is 264 g/mol. The van der Waals surface area contributed by atoms with Crippen LogP contribution in [0.15, 0.2) is 12.1 Å². The van der Waals surface area contributed by atoms with E-state index < -0.39 is 36.1 Å². The molecule has 0 heterocycles. The number of rotatable bonds is 5. The molecule has 0 atom stereocenters. The Morgan fingerprint density at radius 2 is 2.00 bits per heavy atom. The maximum atomic E-state index is 13.7. The third-order valence-electron chi connectivity index (χ3n) is 2.54. The summed E-state index contributed by atoms with van der Waals surface area (Å²) in [6.07, 6.45) is -2.80. The molecule has 0 saturated heterocycles. The van der Waals surface area contributed by atoms with Crippen molar-refractivity contribution in [3.8, 4) is 0 Å². The van der Waals surface area contributed by atoms with Crippen LogP contribution in [0.25, 0.3) is 0 Å². The second-order valence-electron chi connectivity index (χ2n) is 3.98. The van der Waals surface area contributed by atoms with Crippen molar-refractivity contribution in [3.05, 3.63) is 34.9 Å². The number of nitrogens with zero attached hydrogens (tertiary/aromatic N) is 1. The van der Waals surface area contributed by atoms with Gasteiger partial charge in [-0.05, 0) is 18.6 Å². The SMILES string of the molecule is Cc1ccc(F)c(C(=O)N(CCN)CC(F)F)c1F. The summed E-state index contributed by atoms with van der Waals surface area (Å²) in [7, 11) is 0. The second kappa shape index (κ2) is 6.51. The van der Waals surface area contributed by atoms with Gasteiger partial charge in [0.25, 0.3) is 12.3 Å². The van der Waals surface area contributed by atoms with Gasteiger partial charge in [-0.15, -0.1) is 0 Å². The minimum absolute atomic E-state index is 0.0643. The minimum atomic E-state index is -2.80. The van der Waals surface area contributed by atoms with E-state index in [0.29, 0.717) is 4.90 Å². The Morgan fingerprint density at radius 1 is 1.37 bits per heavy atom. The van der Waals surface area contributed by atoms with Crippen LogP contribution in [0.2, 0.25) is 0 Å². The van der Waals surface area contributed by atoms with Crippen molar-refractivity contribution < 1.29 is 22.4 Å². The summed E-state index contributed by atoms with van der Waals surface area (Å²) in [4.78, 5) is 12.6. The van der Waals surface area contributed by atoms with E-state index in [4.69, 9.17) is 5.73 Å². The third-order valence-corrected chi connectivity index (χ3v) is 2.54. The largest absolute Gasteiger partial charge is 0.331 e. The lowest BCUT2D eigenvalue weighted by Crippen LogP contribution is -2.39. The number of hydrogen-bond acceptors (Lipinski definition) is 2. The predicted octanol–water partition coefficient (Wildman–Crippen LogP) is 1.94. The number of hydrogen-bond donors (Lipinski definition) is 1. The molecule has 0 radical (unpaired) electrons. The fourth-order valence-electron chi connectivity index (χ4n) is 1.61. The summed E-state index contributed by atoms with van der Waals surface area (Å²) in [5.74, 6) is -3.24. The molecular formula is C12H14F4N2O. The number of halogens is 4. The molecule has 2 N–H and O–H groups in total. The van der Waals surface area contributed by atoms with Gasteiger partial charge in [0.1, 0.15) is 17.2 Å². The van der Waals surface area contributed by atoms with Crippen molar-refractivity contribution in [1.82, 2.24) is 4.90 Å². The number of benzene rings is 1. The summed E-state index contributed by atoms with van der Waals surface area (Å²) in [6, 6.07) is 2.09. The smallest absolute Gasteiger partial charge is 0.260 e.